The molecule has 0 saturated heterocycles. The first-order chi connectivity index (χ1) is 10.6. The molecule has 2 N–H and O–H groups in total. The topological polar surface area (TPSA) is 75.6 Å². The van der Waals surface area contributed by atoms with Gasteiger partial charge in [0.25, 0.3) is 0 Å². The van der Waals surface area contributed by atoms with Crippen molar-refractivity contribution in [1.82, 2.24) is 5.32 Å². The second-order valence-corrected chi connectivity index (χ2v) is 6.35. The van der Waals surface area contributed by atoms with Crippen molar-refractivity contribution in [2.24, 2.45) is 5.92 Å². The Labute approximate surface area is 138 Å². The summed E-state index contributed by atoms with van der Waals surface area (Å²) in [6.07, 6.45) is 2.94. The second kappa shape index (κ2) is 8.17. The average molecular weight is 370 g/mol. The maximum absolute atomic E-state index is 11.8. The van der Waals surface area contributed by atoms with Crippen LogP contribution in [0.5, 0.6) is 5.75 Å². The molecule has 5 nitrogen and oxygen atoms in total. The fraction of sp³-hybridized carbons (Fsp3) is 0.500. The Hall–Kier alpha value is -1.56. The first-order valence-electron chi connectivity index (χ1n) is 7.45. The SMILES string of the molecule is O=C(CCCOc1ccccc1Br)N[C@@H]1CC[C@H](C(=O)O)C1. The molecule has 1 amide bonds. The highest BCUT2D eigenvalue weighted by atomic mass is 79.9. The Balaban J connectivity index is 1.62. The van der Waals surface area contributed by atoms with Gasteiger partial charge in [0.1, 0.15) is 5.75 Å². The van der Waals surface area contributed by atoms with E-state index in [1.54, 1.807) is 0 Å². The quantitative estimate of drug-likeness (QED) is 0.724. The third-order valence-corrected chi connectivity index (χ3v) is 4.44. The Bertz CT molecular complexity index is 535. The molecule has 0 bridgehead atoms. The van der Waals surface area contributed by atoms with Crippen molar-refractivity contribution in [3.05, 3.63) is 28.7 Å². The summed E-state index contributed by atoms with van der Waals surface area (Å²) in [6, 6.07) is 7.58. The van der Waals surface area contributed by atoms with Crippen LogP contribution in [0.2, 0.25) is 0 Å². The number of ether oxygens (including phenoxy) is 1. The van der Waals surface area contributed by atoms with Crippen molar-refractivity contribution in [3.8, 4) is 5.75 Å². The lowest BCUT2D eigenvalue weighted by Crippen LogP contribution is -2.33. The molecule has 0 heterocycles. The van der Waals surface area contributed by atoms with Crippen LogP contribution in [0.1, 0.15) is 32.1 Å². The van der Waals surface area contributed by atoms with Crippen LogP contribution in [0.3, 0.4) is 0 Å². The summed E-state index contributed by atoms with van der Waals surface area (Å²) in [7, 11) is 0. The largest absolute Gasteiger partial charge is 0.492 e. The van der Waals surface area contributed by atoms with Crippen LogP contribution in [0.4, 0.5) is 0 Å². The second-order valence-electron chi connectivity index (χ2n) is 5.50. The van der Waals surface area contributed by atoms with Gasteiger partial charge in [-0.2, -0.15) is 0 Å². The fourth-order valence-electron chi connectivity index (χ4n) is 2.61. The zero-order valence-electron chi connectivity index (χ0n) is 12.3. The molecule has 1 aromatic carbocycles. The maximum Gasteiger partial charge on any atom is 0.306 e. The number of carbonyl (C=O) groups is 2. The number of amides is 1. The van der Waals surface area contributed by atoms with Gasteiger partial charge in [0.15, 0.2) is 0 Å². The first-order valence-corrected chi connectivity index (χ1v) is 8.25. The van der Waals surface area contributed by atoms with Gasteiger partial charge < -0.3 is 15.2 Å². The van der Waals surface area contributed by atoms with Crippen molar-refractivity contribution >= 4 is 27.8 Å². The molecule has 1 aliphatic carbocycles. The monoisotopic (exact) mass is 369 g/mol. The van der Waals surface area contributed by atoms with Crippen molar-refractivity contribution in [2.75, 3.05) is 6.61 Å². The van der Waals surface area contributed by atoms with E-state index in [9.17, 15) is 9.59 Å². The summed E-state index contributed by atoms with van der Waals surface area (Å²) in [5.41, 5.74) is 0. The van der Waals surface area contributed by atoms with E-state index in [1.165, 1.54) is 0 Å². The van der Waals surface area contributed by atoms with E-state index in [2.05, 4.69) is 21.2 Å². The van der Waals surface area contributed by atoms with Crippen molar-refractivity contribution in [3.63, 3.8) is 0 Å². The predicted octanol–water partition coefficient (Wildman–Crippen LogP) is 2.98. The highest BCUT2D eigenvalue weighted by Crippen LogP contribution is 2.26. The number of carboxylic acids is 1. The summed E-state index contributed by atoms with van der Waals surface area (Å²) in [5.74, 6) is -0.350. The predicted molar refractivity (Wildman–Crippen MR) is 85.8 cm³/mol. The number of para-hydroxylation sites is 1. The third kappa shape index (κ3) is 5.02. The van der Waals surface area contributed by atoms with Crippen molar-refractivity contribution in [1.29, 1.82) is 0 Å². The van der Waals surface area contributed by atoms with Crippen LogP contribution >= 0.6 is 15.9 Å². The number of hydrogen-bond acceptors (Lipinski definition) is 3. The minimum Gasteiger partial charge on any atom is -0.492 e. The lowest BCUT2D eigenvalue weighted by molar-refractivity contribution is -0.141. The van der Waals surface area contributed by atoms with Gasteiger partial charge in [-0.15, -0.1) is 0 Å². The molecule has 6 heteroatoms. The van der Waals surface area contributed by atoms with Gasteiger partial charge >= 0.3 is 5.97 Å². The van der Waals surface area contributed by atoms with Crippen molar-refractivity contribution in [2.45, 2.75) is 38.1 Å². The Morgan fingerprint density at radius 2 is 2.09 bits per heavy atom. The van der Waals surface area contributed by atoms with E-state index in [-0.39, 0.29) is 17.9 Å². The highest BCUT2D eigenvalue weighted by Gasteiger charge is 2.30. The molecule has 2 rings (SSSR count). The summed E-state index contributed by atoms with van der Waals surface area (Å²) in [6.45, 7) is 0.471. The minimum absolute atomic E-state index is 0.00205. The Morgan fingerprint density at radius 1 is 1.32 bits per heavy atom. The molecular weight excluding hydrogens is 350 g/mol. The number of carbonyl (C=O) groups excluding carboxylic acids is 1. The van der Waals surface area contributed by atoms with Crippen LogP contribution in [0, 0.1) is 5.92 Å². The zero-order chi connectivity index (χ0) is 15.9. The molecule has 22 heavy (non-hydrogen) atoms. The lowest BCUT2D eigenvalue weighted by Gasteiger charge is -2.12. The van der Waals surface area contributed by atoms with Gasteiger partial charge in [0, 0.05) is 12.5 Å². The van der Waals surface area contributed by atoms with Gasteiger partial charge in [0.2, 0.25) is 5.91 Å². The van der Waals surface area contributed by atoms with Crippen LogP contribution in [0.25, 0.3) is 0 Å². The molecule has 120 valence electrons. The van der Waals surface area contributed by atoms with E-state index < -0.39 is 5.97 Å². The summed E-state index contributed by atoms with van der Waals surface area (Å²) in [5, 5.41) is 11.8. The number of aliphatic carboxylic acids is 1. The molecule has 1 fully saturated rings. The molecule has 0 aliphatic heterocycles. The normalized spacial score (nSPS) is 20.6. The van der Waals surface area contributed by atoms with E-state index in [1.807, 2.05) is 24.3 Å². The smallest absolute Gasteiger partial charge is 0.306 e. The molecule has 1 saturated carbocycles. The van der Waals surface area contributed by atoms with Crippen LogP contribution < -0.4 is 10.1 Å². The molecule has 0 unspecified atom stereocenters. The summed E-state index contributed by atoms with van der Waals surface area (Å²) < 4.78 is 6.49. The number of rotatable bonds is 7. The van der Waals surface area contributed by atoms with Crippen LogP contribution in [-0.4, -0.2) is 29.6 Å². The molecule has 2 atom stereocenters. The standard InChI is InChI=1S/C16H20BrNO4/c17-13-4-1-2-5-14(13)22-9-3-6-15(19)18-12-8-7-11(10-12)16(20)21/h1-2,4-5,11-12H,3,6-10H2,(H,18,19)(H,20,21)/t11-,12+/m0/s1. The number of halogens is 1. The van der Waals surface area contributed by atoms with E-state index >= 15 is 0 Å². The van der Waals surface area contributed by atoms with E-state index in [0.717, 1.165) is 16.6 Å². The van der Waals surface area contributed by atoms with Crippen molar-refractivity contribution < 1.29 is 19.4 Å². The maximum atomic E-state index is 11.8. The highest BCUT2D eigenvalue weighted by molar-refractivity contribution is 9.10. The molecule has 0 aromatic heterocycles. The Kier molecular flexibility index (Phi) is 6.24. The minimum atomic E-state index is -0.765. The summed E-state index contributed by atoms with van der Waals surface area (Å²) >= 11 is 3.40. The lowest BCUT2D eigenvalue weighted by atomic mass is 10.1. The number of hydrogen-bond donors (Lipinski definition) is 2. The molecule has 0 radical (unpaired) electrons. The summed E-state index contributed by atoms with van der Waals surface area (Å²) in [4.78, 5) is 22.7. The van der Waals surface area contributed by atoms with Gasteiger partial charge in [-0.3, -0.25) is 9.59 Å². The Morgan fingerprint density at radius 3 is 2.77 bits per heavy atom. The van der Waals surface area contributed by atoms with Gasteiger partial charge in [-0.1, -0.05) is 12.1 Å². The molecule has 0 spiro atoms. The van der Waals surface area contributed by atoms with Crippen LogP contribution in [-0.2, 0) is 9.59 Å². The molecular formula is C16H20BrNO4. The average Bonchev–Trinajstić information content (AvgIpc) is 2.94. The van der Waals surface area contributed by atoms with E-state index in [0.29, 0.717) is 32.3 Å². The zero-order valence-corrected chi connectivity index (χ0v) is 13.8. The van der Waals surface area contributed by atoms with Crippen LogP contribution in [0.15, 0.2) is 28.7 Å². The number of carboxylic acid groups (broad SMARTS) is 1. The third-order valence-electron chi connectivity index (χ3n) is 3.79. The number of nitrogens with one attached hydrogen (secondary N) is 1. The van der Waals surface area contributed by atoms with Gasteiger partial charge in [-0.25, -0.2) is 0 Å². The van der Waals surface area contributed by atoms with Gasteiger partial charge in [0.05, 0.1) is 17.0 Å². The molecule has 1 aromatic rings. The van der Waals surface area contributed by atoms with E-state index in [4.69, 9.17) is 9.84 Å². The fourth-order valence-corrected chi connectivity index (χ4v) is 3.01. The number of benzene rings is 1. The van der Waals surface area contributed by atoms with Gasteiger partial charge in [-0.05, 0) is 53.7 Å². The first kappa shape index (κ1) is 16.8. The molecule has 1 aliphatic rings.